The van der Waals surface area contributed by atoms with Crippen LogP contribution >= 0.6 is 11.8 Å². The van der Waals surface area contributed by atoms with Crippen LogP contribution in [0.25, 0.3) is 0 Å². The van der Waals surface area contributed by atoms with Crippen molar-refractivity contribution in [3.05, 3.63) is 0 Å². The van der Waals surface area contributed by atoms with E-state index in [1.807, 2.05) is 4.68 Å². The lowest BCUT2D eigenvalue weighted by molar-refractivity contribution is 0.517. The average molecular weight is 227 g/mol. The van der Waals surface area contributed by atoms with E-state index in [2.05, 4.69) is 27.8 Å². The lowest BCUT2D eigenvalue weighted by Gasteiger charge is -2.03. The summed E-state index contributed by atoms with van der Waals surface area (Å²) in [5.41, 5.74) is 0. The quantitative estimate of drug-likeness (QED) is 0.551. The van der Waals surface area contributed by atoms with Gasteiger partial charge in [0.05, 0.1) is 6.54 Å². The van der Waals surface area contributed by atoms with Crippen molar-refractivity contribution in [2.75, 3.05) is 18.8 Å². The van der Waals surface area contributed by atoms with Crippen molar-refractivity contribution in [3.63, 3.8) is 0 Å². The maximum atomic E-state index is 4.03. The van der Waals surface area contributed by atoms with Crippen LogP contribution in [-0.2, 0) is 6.54 Å². The molecule has 1 N–H and O–H groups in total. The van der Waals surface area contributed by atoms with Gasteiger partial charge in [-0.25, -0.2) is 4.68 Å². The first-order valence-electron chi connectivity index (χ1n) is 5.50. The molecule has 1 aromatic heterocycles. The maximum absolute atomic E-state index is 4.03. The molecule has 0 atom stereocenters. The number of hydrogen-bond acceptors (Lipinski definition) is 5. The van der Waals surface area contributed by atoms with Gasteiger partial charge in [0.2, 0.25) is 5.16 Å². The molecule has 1 aromatic rings. The van der Waals surface area contributed by atoms with E-state index in [1.54, 1.807) is 11.8 Å². The summed E-state index contributed by atoms with van der Waals surface area (Å²) >= 11 is 1.78. The number of aromatic nitrogens is 4. The molecule has 1 aliphatic carbocycles. The number of thioether (sulfide) groups is 1. The monoisotopic (exact) mass is 227 g/mol. The number of nitrogens with zero attached hydrogens (tertiary/aromatic N) is 4. The van der Waals surface area contributed by atoms with Gasteiger partial charge in [-0.1, -0.05) is 18.7 Å². The molecule has 1 saturated carbocycles. The molecule has 1 fully saturated rings. The molecule has 15 heavy (non-hydrogen) atoms. The van der Waals surface area contributed by atoms with Crippen molar-refractivity contribution in [2.24, 2.45) is 5.92 Å². The molecule has 84 valence electrons. The summed E-state index contributed by atoms with van der Waals surface area (Å²) in [6, 6.07) is 0. The summed E-state index contributed by atoms with van der Waals surface area (Å²) < 4.78 is 1.88. The van der Waals surface area contributed by atoms with E-state index in [0.717, 1.165) is 30.7 Å². The van der Waals surface area contributed by atoms with E-state index < -0.39 is 0 Å². The number of tetrazole rings is 1. The summed E-state index contributed by atoms with van der Waals surface area (Å²) in [7, 11) is 0. The SMILES string of the molecule is CCNCCn1nnnc1SCC1CC1. The van der Waals surface area contributed by atoms with Crippen LogP contribution in [0.5, 0.6) is 0 Å². The van der Waals surface area contributed by atoms with Crippen molar-refractivity contribution >= 4 is 11.8 Å². The van der Waals surface area contributed by atoms with Crippen LogP contribution in [0.1, 0.15) is 19.8 Å². The van der Waals surface area contributed by atoms with Crippen molar-refractivity contribution in [1.82, 2.24) is 25.5 Å². The molecule has 2 rings (SSSR count). The summed E-state index contributed by atoms with van der Waals surface area (Å²) in [6.07, 6.45) is 2.76. The minimum atomic E-state index is 0.855. The third-order valence-electron chi connectivity index (χ3n) is 2.39. The first-order valence-corrected chi connectivity index (χ1v) is 6.48. The molecular formula is C9H17N5S. The molecule has 1 aliphatic rings. The summed E-state index contributed by atoms with van der Waals surface area (Å²) in [6.45, 7) is 4.88. The Morgan fingerprint density at radius 1 is 1.53 bits per heavy atom. The maximum Gasteiger partial charge on any atom is 0.209 e. The van der Waals surface area contributed by atoms with Gasteiger partial charge in [0, 0.05) is 12.3 Å². The number of hydrogen-bond donors (Lipinski definition) is 1. The van der Waals surface area contributed by atoms with Gasteiger partial charge in [0.25, 0.3) is 0 Å². The Hall–Kier alpha value is -0.620. The third kappa shape index (κ3) is 3.46. The van der Waals surface area contributed by atoms with Crippen molar-refractivity contribution < 1.29 is 0 Å². The Morgan fingerprint density at radius 2 is 2.40 bits per heavy atom. The smallest absolute Gasteiger partial charge is 0.209 e. The van der Waals surface area contributed by atoms with Crippen molar-refractivity contribution in [2.45, 2.75) is 31.5 Å². The fourth-order valence-corrected chi connectivity index (χ4v) is 2.37. The molecule has 5 nitrogen and oxygen atoms in total. The summed E-state index contributed by atoms with van der Waals surface area (Å²) in [5, 5.41) is 15.9. The van der Waals surface area contributed by atoms with Crippen LogP contribution in [0.3, 0.4) is 0 Å². The normalized spacial score (nSPS) is 15.8. The number of rotatable bonds is 7. The molecule has 0 aliphatic heterocycles. The first kappa shape index (κ1) is 10.9. The number of nitrogens with one attached hydrogen (secondary N) is 1. The average Bonchev–Trinajstić information content (AvgIpc) is 2.97. The predicted molar refractivity (Wildman–Crippen MR) is 59.8 cm³/mol. The highest BCUT2D eigenvalue weighted by molar-refractivity contribution is 7.99. The summed E-state index contributed by atoms with van der Waals surface area (Å²) in [4.78, 5) is 0. The molecule has 6 heteroatoms. The van der Waals surface area contributed by atoms with Crippen molar-refractivity contribution in [3.8, 4) is 0 Å². The second-order valence-electron chi connectivity index (χ2n) is 3.79. The molecule has 0 amide bonds. The minimum Gasteiger partial charge on any atom is -0.315 e. The van der Waals surface area contributed by atoms with E-state index in [4.69, 9.17) is 0 Å². The van der Waals surface area contributed by atoms with Crippen LogP contribution in [0.2, 0.25) is 0 Å². The van der Waals surface area contributed by atoms with E-state index in [9.17, 15) is 0 Å². The van der Waals surface area contributed by atoms with Gasteiger partial charge < -0.3 is 5.32 Å². The molecule has 0 bridgehead atoms. The summed E-state index contributed by atoms with van der Waals surface area (Å²) in [5.74, 6) is 2.08. The highest BCUT2D eigenvalue weighted by Gasteiger charge is 2.22. The molecule has 0 aromatic carbocycles. The zero-order chi connectivity index (χ0) is 10.5. The van der Waals surface area contributed by atoms with Gasteiger partial charge in [0.15, 0.2) is 0 Å². The van der Waals surface area contributed by atoms with Gasteiger partial charge in [-0.3, -0.25) is 0 Å². The Kier molecular flexibility index (Phi) is 3.96. The Bertz CT molecular complexity index is 296. The van der Waals surface area contributed by atoms with Crippen LogP contribution in [0, 0.1) is 5.92 Å². The fourth-order valence-electron chi connectivity index (χ4n) is 1.28. The number of likely N-dealkylation sites (N-methyl/N-ethyl adjacent to an activating group) is 1. The van der Waals surface area contributed by atoms with Crippen LogP contribution in [0.15, 0.2) is 5.16 Å². The van der Waals surface area contributed by atoms with Crippen LogP contribution < -0.4 is 5.32 Å². The zero-order valence-corrected chi connectivity index (χ0v) is 9.83. The third-order valence-corrected chi connectivity index (χ3v) is 3.58. The lowest BCUT2D eigenvalue weighted by atomic mass is 10.5. The van der Waals surface area contributed by atoms with Gasteiger partial charge in [-0.05, 0) is 35.7 Å². The lowest BCUT2D eigenvalue weighted by Crippen LogP contribution is -2.20. The molecular weight excluding hydrogens is 210 g/mol. The molecule has 0 radical (unpaired) electrons. The first-order chi connectivity index (χ1) is 7.40. The second-order valence-corrected chi connectivity index (χ2v) is 4.78. The minimum absolute atomic E-state index is 0.855. The standard InChI is InChI=1S/C9H17N5S/c1-2-10-5-6-14-9(11-12-13-14)15-7-8-3-4-8/h8,10H,2-7H2,1H3. The molecule has 0 saturated heterocycles. The predicted octanol–water partition coefficient (Wildman–Crippen LogP) is 0.785. The highest BCUT2D eigenvalue weighted by atomic mass is 32.2. The van der Waals surface area contributed by atoms with Gasteiger partial charge >= 0.3 is 0 Å². The second kappa shape index (κ2) is 5.46. The topological polar surface area (TPSA) is 55.6 Å². The largest absolute Gasteiger partial charge is 0.315 e. The Labute approximate surface area is 94.0 Å². The molecule has 0 spiro atoms. The highest BCUT2D eigenvalue weighted by Crippen LogP contribution is 2.34. The Balaban J connectivity index is 1.78. The van der Waals surface area contributed by atoms with Crippen molar-refractivity contribution in [1.29, 1.82) is 0 Å². The molecule has 0 unspecified atom stereocenters. The van der Waals surface area contributed by atoms with E-state index >= 15 is 0 Å². The molecule has 1 heterocycles. The van der Waals surface area contributed by atoms with Crippen LogP contribution in [0.4, 0.5) is 0 Å². The van der Waals surface area contributed by atoms with Gasteiger partial charge in [-0.15, -0.1) is 5.10 Å². The fraction of sp³-hybridized carbons (Fsp3) is 0.889. The van der Waals surface area contributed by atoms with Crippen LogP contribution in [-0.4, -0.2) is 39.0 Å². The van der Waals surface area contributed by atoms with Gasteiger partial charge in [-0.2, -0.15) is 0 Å². The van der Waals surface area contributed by atoms with E-state index in [1.165, 1.54) is 18.6 Å². The zero-order valence-electron chi connectivity index (χ0n) is 9.02. The Morgan fingerprint density at radius 3 is 3.13 bits per heavy atom. The van der Waals surface area contributed by atoms with E-state index in [0.29, 0.717) is 0 Å². The van der Waals surface area contributed by atoms with E-state index in [-0.39, 0.29) is 0 Å². The van der Waals surface area contributed by atoms with Gasteiger partial charge in [0.1, 0.15) is 0 Å².